The van der Waals surface area contributed by atoms with Crippen LogP contribution in [-0.4, -0.2) is 21.8 Å². The van der Waals surface area contributed by atoms with Gasteiger partial charge in [0, 0.05) is 0 Å². The van der Waals surface area contributed by atoms with Crippen LogP contribution in [0.4, 0.5) is 0 Å². The van der Waals surface area contributed by atoms with E-state index in [0.29, 0.717) is 0 Å². The Bertz CT molecular complexity index is 356. The minimum absolute atomic E-state index is 0. The van der Waals surface area contributed by atoms with E-state index in [2.05, 4.69) is 59.7 Å². The summed E-state index contributed by atoms with van der Waals surface area (Å²) in [6, 6.07) is 7.01. The predicted molar refractivity (Wildman–Crippen MR) is 75.6 cm³/mol. The average Bonchev–Trinajstić information content (AvgIpc) is 2.00. The van der Waals surface area contributed by atoms with Gasteiger partial charge in [-0.05, 0) is 16.4 Å². The standard InChI is InChI=1S/C14H21.Al.H2O.2H/c1-13(2,3)11-8-7-9-12(10-11)14(4,5)6;;;;/h7-8,10H,1-6H3;;1H2;;. The lowest BCUT2D eigenvalue weighted by Crippen LogP contribution is -2.25. The van der Waals surface area contributed by atoms with Crippen LogP contribution < -0.4 is 4.43 Å². The second-order valence-corrected chi connectivity index (χ2v) is 7.61. The van der Waals surface area contributed by atoms with Gasteiger partial charge in [-0.2, -0.15) is 0 Å². The Morgan fingerprint density at radius 3 is 1.75 bits per heavy atom. The van der Waals surface area contributed by atoms with Crippen molar-refractivity contribution >= 4 is 20.7 Å². The zero-order valence-electron chi connectivity index (χ0n) is 11.7. The molecule has 0 aliphatic heterocycles. The lowest BCUT2D eigenvalue weighted by atomic mass is 9.81. The van der Waals surface area contributed by atoms with Crippen molar-refractivity contribution in [2.24, 2.45) is 0 Å². The molecule has 0 amide bonds. The van der Waals surface area contributed by atoms with E-state index in [0.717, 1.165) is 16.3 Å². The fraction of sp³-hybridized carbons (Fsp3) is 0.571. The Kier molecular flexibility index (Phi) is 4.83. The molecule has 0 radical (unpaired) electrons. The van der Waals surface area contributed by atoms with Crippen molar-refractivity contribution in [1.29, 1.82) is 0 Å². The minimum atomic E-state index is 0. The molecule has 0 aliphatic rings. The molecule has 1 aromatic rings. The molecule has 0 bridgehead atoms. The zero-order chi connectivity index (χ0) is 11.9. The SMILES string of the molecule is CC(C)(C)c1cc[c]([AlH2])c(C(C)(C)C)c1.O. The first kappa shape index (κ1) is 15.7. The third-order valence-electron chi connectivity index (χ3n) is 2.91. The highest BCUT2D eigenvalue weighted by molar-refractivity contribution is 6.33. The van der Waals surface area contributed by atoms with E-state index in [1.54, 1.807) is 0 Å². The first-order valence-corrected chi connectivity index (χ1v) is 6.74. The molecule has 0 saturated heterocycles. The van der Waals surface area contributed by atoms with Gasteiger partial charge in [0.15, 0.2) is 0 Å². The summed E-state index contributed by atoms with van der Waals surface area (Å²) in [4.78, 5) is 0. The van der Waals surface area contributed by atoms with Crippen LogP contribution in [0, 0.1) is 0 Å². The van der Waals surface area contributed by atoms with Crippen molar-refractivity contribution in [3.8, 4) is 0 Å². The molecule has 16 heavy (non-hydrogen) atoms. The molecular formula is C14H25AlO. The van der Waals surface area contributed by atoms with E-state index in [1.165, 1.54) is 15.6 Å². The van der Waals surface area contributed by atoms with Gasteiger partial charge in [-0.3, -0.25) is 0 Å². The van der Waals surface area contributed by atoms with Crippen LogP contribution in [0.15, 0.2) is 18.2 Å². The highest BCUT2D eigenvalue weighted by atomic mass is 27.0. The van der Waals surface area contributed by atoms with E-state index >= 15 is 0 Å². The van der Waals surface area contributed by atoms with Crippen molar-refractivity contribution in [3.05, 3.63) is 29.3 Å². The first-order valence-electron chi connectivity index (χ1n) is 5.74. The van der Waals surface area contributed by atoms with Crippen LogP contribution in [0.2, 0.25) is 0 Å². The summed E-state index contributed by atoms with van der Waals surface area (Å²) in [5.74, 6) is 0. The minimum Gasteiger partial charge on any atom is -0.412 e. The fourth-order valence-corrected chi connectivity index (χ4v) is 2.96. The van der Waals surface area contributed by atoms with Crippen molar-refractivity contribution in [2.45, 2.75) is 52.4 Å². The number of benzene rings is 1. The predicted octanol–water partition coefficient (Wildman–Crippen LogP) is 1.72. The van der Waals surface area contributed by atoms with E-state index in [4.69, 9.17) is 0 Å². The van der Waals surface area contributed by atoms with Gasteiger partial charge in [0.2, 0.25) is 0 Å². The van der Waals surface area contributed by atoms with Crippen LogP contribution in [0.25, 0.3) is 0 Å². The normalized spacial score (nSPS) is 12.1. The third-order valence-corrected chi connectivity index (χ3v) is 3.78. The van der Waals surface area contributed by atoms with Crippen molar-refractivity contribution in [1.82, 2.24) is 0 Å². The summed E-state index contributed by atoms with van der Waals surface area (Å²) in [7, 11) is 0. The Morgan fingerprint density at radius 2 is 1.38 bits per heavy atom. The molecule has 0 unspecified atom stereocenters. The Balaban J connectivity index is 0.00000225. The molecule has 0 fully saturated rings. The molecule has 0 aromatic heterocycles. The van der Waals surface area contributed by atoms with Gasteiger partial charge in [0.25, 0.3) is 16.3 Å². The third kappa shape index (κ3) is 3.63. The van der Waals surface area contributed by atoms with E-state index in [9.17, 15) is 0 Å². The van der Waals surface area contributed by atoms with Crippen molar-refractivity contribution in [3.63, 3.8) is 0 Å². The van der Waals surface area contributed by atoms with Gasteiger partial charge in [0.05, 0.1) is 0 Å². The van der Waals surface area contributed by atoms with Crippen molar-refractivity contribution < 1.29 is 5.48 Å². The lowest BCUT2D eigenvalue weighted by molar-refractivity contribution is 0.571. The van der Waals surface area contributed by atoms with E-state index in [-0.39, 0.29) is 16.3 Å². The monoisotopic (exact) mass is 236 g/mol. The molecule has 2 N–H and O–H groups in total. The highest BCUT2D eigenvalue weighted by Crippen LogP contribution is 2.27. The lowest BCUT2D eigenvalue weighted by Gasteiger charge is -2.27. The van der Waals surface area contributed by atoms with Gasteiger partial charge in [-0.25, -0.2) is 0 Å². The van der Waals surface area contributed by atoms with Crippen LogP contribution >= 0.6 is 0 Å². The summed E-state index contributed by atoms with van der Waals surface area (Å²) in [6.45, 7) is 13.7. The second-order valence-electron chi connectivity index (χ2n) is 6.53. The molecule has 0 saturated carbocycles. The van der Waals surface area contributed by atoms with Gasteiger partial charge < -0.3 is 5.48 Å². The summed E-state index contributed by atoms with van der Waals surface area (Å²) in [5, 5.41) is 0. The molecule has 0 heterocycles. The summed E-state index contributed by atoms with van der Waals surface area (Å²) < 4.78 is 1.54. The maximum absolute atomic E-state index is 2.41. The Morgan fingerprint density at radius 1 is 0.875 bits per heavy atom. The maximum atomic E-state index is 2.41. The van der Waals surface area contributed by atoms with Gasteiger partial charge in [-0.1, -0.05) is 65.3 Å². The van der Waals surface area contributed by atoms with Crippen LogP contribution in [-0.2, 0) is 10.8 Å². The summed E-state index contributed by atoms with van der Waals surface area (Å²) in [5.41, 5.74) is 3.52. The van der Waals surface area contributed by atoms with E-state index in [1.807, 2.05) is 0 Å². The molecule has 1 aromatic carbocycles. The topological polar surface area (TPSA) is 31.5 Å². The first-order chi connectivity index (χ1) is 6.62. The molecule has 0 spiro atoms. The van der Waals surface area contributed by atoms with Gasteiger partial charge >= 0.3 is 0 Å². The molecular weight excluding hydrogens is 211 g/mol. The Hall–Kier alpha value is -0.288. The van der Waals surface area contributed by atoms with Gasteiger partial charge in [0.1, 0.15) is 0 Å². The Labute approximate surface area is 108 Å². The van der Waals surface area contributed by atoms with Crippen LogP contribution in [0.5, 0.6) is 0 Å². The molecule has 1 rings (SSSR count). The fourth-order valence-electron chi connectivity index (χ4n) is 1.90. The second kappa shape index (κ2) is 4.92. The van der Waals surface area contributed by atoms with Crippen LogP contribution in [0.3, 0.4) is 0 Å². The van der Waals surface area contributed by atoms with Crippen LogP contribution in [0.1, 0.15) is 52.7 Å². The largest absolute Gasteiger partial charge is 0.412 e. The number of rotatable bonds is 0. The van der Waals surface area contributed by atoms with Crippen molar-refractivity contribution in [2.75, 3.05) is 0 Å². The quantitative estimate of drug-likeness (QED) is 0.614. The maximum Gasteiger partial charge on any atom is 0.259 e. The highest BCUT2D eigenvalue weighted by Gasteiger charge is 2.20. The number of hydrogen-bond acceptors (Lipinski definition) is 0. The summed E-state index contributed by atoms with van der Waals surface area (Å²) in [6.07, 6.45) is 0. The molecule has 90 valence electrons. The van der Waals surface area contributed by atoms with E-state index < -0.39 is 0 Å². The molecule has 0 atom stereocenters. The average molecular weight is 236 g/mol. The zero-order valence-corrected chi connectivity index (χ0v) is 13.7. The molecule has 1 nitrogen and oxygen atoms in total. The summed E-state index contributed by atoms with van der Waals surface area (Å²) >= 11 is 1.14. The number of hydrogen-bond donors (Lipinski definition) is 0. The molecule has 0 aliphatic carbocycles. The van der Waals surface area contributed by atoms with Gasteiger partial charge in [-0.15, -0.1) is 4.43 Å². The molecule has 2 heteroatoms. The smallest absolute Gasteiger partial charge is 0.259 e.